The SMILES string of the molecule is COc1ccc(C(/C=C/c2ccccc2)=[N+](\[O-])C2=CCCCC2)cc1. The van der Waals surface area contributed by atoms with Crippen molar-refractivity contribution in [1.29, 1.82) is 0 Å². The molecule has 0 heterocycles. The van der Waals surface area contributed by atoms with E-state index < -0.39 is 0 Å². The third-order valence-corrected chi connectivity index (χ3v) is 4.37. The molecule has 25 heavy (non-hydrogen) atoms. The second-order valence-electron chi connectivity index (χ2n) is 6.09. The zero-order valence-electron chi connectivity index (χ0n) is 14.5. The van der Waals surface area contributed by atoms with Gasteiger partial charge in [-0.25, -0.2) is 0 Å². The van der Waals surface area contributed by atoms with Crippen molar-refractivity contribution in [2.45, 2.75) is 25.7 Å². The summed E-state index contributed by atoms with van der Waals surface area (Å²) in [6, 6.07) is 17.6. The zero-order chi connectivity index (χ0) is 17.5. The lowest BCUT2D eigenvalue weighted by Gasteiger charge is -2.14. The highest BCUT2D eigenvalue weighted by atomic mass is 16.5. The minimum absolute atomic E-state index is 0.652. The average Bonchev–Trinajstić information content (AvgIpc) is 2.70. The number of nitrogens with zero attached hydrogens (tertiary/aromatic N) is 1. The topological polar surface area (TPSA) is 35.3 Å². The molecular formula is C22H23NO2. The standard InChI is InChI=1S/C22H23NO2/c1-25-21-15-13-19(14-16-21)22(17-12-18-8-4-2-5-9-18)23(24)20-10-6-3-7-11-20/h2,4-5,8-10,12-17H,3,6-7,11H2,1H3/b17-12+,23-22-. The van der Waals surface area contributed by atoms with Crippen molar-refractivity contribution in [2.24, 2.45) is 0 Å². The van der Waals surface area contributed by atoms with Crippen LogP contribution in [-0.4, -0.2) is 17.6 Å². The first-order valence-electron chi connectivity index (χ1n) is 8.69. The van der Waals surface area contributed by atoms with Crippen LogP contribution >= 0.6 is 0 Å². The van der Waals surface area contributed by atoms with Crippen molar-refractivity contribution in [3.05, 3.63) is 88.8 Å². The minimum atomic E-state index is 0.652. The predicted molar refractivity (Wildman–Crippen MR) is 103 cm³/mol. The molecule has 1 aliphatic rings. The molecule has 0 unspecified atom stereocenters. The average molecular weight is 333 g/mol. The molecule has 0 fully saturated rings. The molecule has 0 aromatic heterocycles. The number of hydroxylamine groups is 1. The maximum absolute atomic E-state index is 13.0. The fraction of sp³-hybridized carbons (Fsp3) is 0.227. The van der Waals surface area contributed by atoms with Crippen LogP contribution in [0, 0.1) is 5.21 Å². The first-order chi connectivity index (χ1) is 12.3. The maximum Gasteiger partial charge on any atom is 0.223 e. The van der Waals surface area contributed by atoms with Gasteiger partial charge in [0.2, 0.25) is 5.71 Å². The third-order valence-electron chi connectivity index (χ3n) is 4.37. The van der Waals surface area contributed by atoms with Crippen molar-refractivity contribution in [2.75, 3.05) is 7.11 Å². The summed E-state index contributed by atoms with van der Waals surface area (Å²) >= 11 is 0. The molecule has 0 N–H and O–H groups in total. The Labute approximate surface area is 149 Å². The van der Waals surface area contributed by atoms with Gasteiger partial charge in [0.25, 0.3) is 0 Å². The number of methoxy groups -OCH3 is 1. The van der Waals surface area contributed by atoms with Crippen molar-refractivity contribution in [3.63, 3.8) is 0 Å². The molecule has 1 aliphatic carbocycles. The van der Waals surface area contributed by atoms with Gasteiger partial charge in [0.15, 0.2) is 5.70 Å². The van der Waals surface area contributed by atoms with Crippen LogP contribution in [0.3, 0.4) is 0 Å². The Balaban J connectivity index is 2.00. The monoisotopic (exact) mass is 333 g/mol. The highest BCUT2D eigenvalue weighted by Gasteiger charge is 2.17. The van der Waals surface area contributed by atoms with Crippen LogP contribution < -0.4 is 4.74 Å². The largest absolute Gasteiger partial charge is 0.618 e. The molecule has 3 nitrogen and oxygen atoms in total. The van der Waals surface area contributed by atoms with E-state index in [4.69, 9.17) is 4.74 Å². The van der Waals surface area contributed by atoms with Crippen LogP contribution in [0.2, 0.25) is 0 Å². The summed E-state index contributed by atoms with van der Waals surface area (Å²) in [4.78, 5) is 0. The van der Waals surface area contributed by atoms with Gasteiger partial charge in [0.1, 0.15) is 5.75 Å². The van der Waals surface area contributed by atoms with Crippen molar-refractivity contribution >= 4 is 11.8 Å². The molecule has 3 heteroatoms. The second-order valence-corrected chi connectivity index (χ2v) is 6.09. The second kappa shape index (κ2) is 8.34. The van der Waals surface area contributed by atoms with Crippen LogP contribution in [-0.2, 0) is 0 Å². The summed E-state index contributed by atoms with van der Waals surface area (Å²) in [5.41, 5.74) is 3.46. The predicted octanol–water partition coefficient (Wildman–Crippen LogP) is 5.17. The zero-order valence-corrected chi connectivity index (χ0v) is 14.5. The van der Waals surface area contributed by atoms with E-state index in [1.807, 2.05) is 66.7 Å². The van der Waals surface area contributed by atoms with E-state index in [0.717, 1.165) is 53.0 Å². The van der Waals surface area contributed by atoms with E-state index in [0.29, 0.717) is 5.71 Å². The molecule has 0 bridgehead atoms. The molecule has 0 amide bonds. The van der Waals surface area contributed by atoms with Gasteiger partial charge in [-0.3, -0.25) is 0 Å². The molecule has 0 spiro atoms. The summed E-state index contributed by atoms with van der Waals surface area (Å²) in [6.45, 7) is 0. The molecule has 2 aromatic rings. The molecule has 0 saturated carbocycles. The number of ether oxygens (including phenoxy) is 1. The van der Waals surface area contributed by atoms with Crippen molar-refractivity contribution in [3.8, 4) is 5.75 Å². The smallest absolute Gasteiger partial charge is 0.223 e. The van der Waals surface area contributed by atoms with E-state index in [2.05, 4.69) is 6.08 Å². The van der Waals surface area contributed by atoms with Gasteiger partial charge < -0.3 is 9.94 Å². The van der Waals surface area contributed by atoms with Gasteiger partial charge in [-0.1, -0.05) is 30.3 Å². The van der Waals surface area contributed by atoms with Gasteiger partial charge in [-0.15, -0.1) is 0 Å². The lowest BCUT2D eigenvalue weighted by molar-refractivity contribution is -0.404. The maximum atomic E-state index is 13.0. The molecular weight excluding hydrogens is 310 g/mol. The molecule has 0 radical (unpaired) electrons. The fourth-order valence-corrected chi connectivity index (χ4v) is 2.94. The Hall–Kier alpha value is -2.81. The molecule has 2 aromatic carbocycles. The molecule has 128 valence electrons. The van der Waals surface area contributed by atoms with Crippen LogP contribution in [0.25, 0.3) is 6.08 Å². The van der Waals surface area contributed by atoms with Crippen LogP contribution in [0.15, 0.2) is 72.4 Å². The van der Waals surface area contributed by atoms with Gasteiger partial charge in [0, 0.05) is 18.1 Å². The number of allylic oxidation sites excluding steroid dienone is 3. The Morgan fingerprint density at radius 1 is 1.04 bits per heavy atom. The summed E-state index contributed by atoms with van der Waals surface area (Å²) in [6.07, 6.45) is 10.00. The lowest BCUT2D eigenvalue weighted by atomic mass is 10.0. The van der Waals surface area contributed by atoms with E-state index in [1.54, 1.807) is 7.11 Å². The Bertz CT molecular complexity index is 787. The normalized spacial score (nSPS) is 15.6. The van der Waals surface area contributed by atoms with Crippen molar-refractivity contribution < 1.29 is 9.48 Å². The van der Waals surface area contributed by atoms with Crippen LogP contribution in [0.1, 0.15) is 36.8 Å². The molecule has 0 aliphatic heterocycles. The lowest BCUT2D eigenvalue weighted by Crippen LogP contribution is -2.16. The number of hydrogen-bond acceptors (Lipinski definition) is 2. The van der Waals surface area contributed by atoms with E-state index in [9.17, 15) is 5.21 Å². The quantitative estimate of drug-likeness (QED) is 0.328. The Morgan fingerprint density at radius 3 is 2.44 bits per heavy atom. The van der Waals surface area contributed by atoms with E-state index in [1.165, 1.54) is 0 Å². The van der Waals surface area contributed by atoms with E-state index >= 15 is 0 Å². The fourth-order valence-electron chi connectivity index (χ4n) is 2.94. The van der Waals surface area contributed by atoms with Crippen LogP contribution in [0.5, 0.6) is 5.75 Å². The summed E-state index contributed by atoms with van der Waals surface area (Å²) < 4.78 is 6.31. The number of rotatable bonds is 5. The van der Waals surface area contributed by atoms with Gasteiger partial charge in [-0.2, -0.15) is 4.74 Å². The first-order valence-corrected chi connectivity index (χ1v) is 8.69. The molecule has 0 atom stereocenters. The summed E-state index contributed by atoms with van der Waals surface area (Å²) in [7, 11) is 1.64. The van der Waals surface area contributed by atoms with Gasteiger partial charge in [-0.05, 0) is 61.2 Å². The minimum Gasteiger partial charge on any atom is -0.618 e. The van der Waals surface area contributed by atoms with Gasteiger partial charge in [0.05, 0.1) is 7.11 Å². The number of benzene rings is 2. The molecule has 3 rings (SSSR count). The van der Waals surface area contributed by atoms with Crippen molar-refractivity contribution in [1.82, 2.24) is 0 Å². The summed E-state index contributed by atoms with van der Waals surface area (Å²) in [5, 5.41) is 13.0. The van der Waals surface area contributed by atoms with E-state index in [-0.39, 0.29) is 0 Å². The highest BCUT2D eigenvalue weighted by molar-refractivity contribution is 6.07. The first kappa shape index (κ1) is 17.0. The van der Waals surface area contributed by atoms with Crippen LogP contribution in [0.4, 0.5) is 0 Å². The number of hydrogen-bond donors (Lipinski definition) is 0. The van der Waals surface area contributed by atoms with Gasteiger partial charge >= 0.3 is 0 Å². The Kier molecular flexibility index (Phi) is 5.68. The third kappa shape index (κ3) is 4.38. The Morgan fingerprint density at radius 2 is 1.80 bits per heavy atom. The summed E-state index contributed by atoms with van der Waals surface area (Å²) in [5.74, 6) is 0.782. The highest BCUT2D eigenvalue weighted by Crippen LogP contribution is 2.20. The molecule has 0 saturated heterocycles.